The SMILES string of the molecule is O=C1CCC(=O)N1O[PH](=O)O. The molecule has 0 aromatic heterocycles. The topological polar surface area (TPSA) is 83.9 Å². The van der Waals surface area contributed by atoms with E-state index in [2.05, 4.69) is 4.62 Å². The van der Waals surface area contributed by atoms with E-state index in [1.54, 1.807) is 0 Å². The Morgan fingerprint density at radius 3 is 2.18 bits per heavy atom. The van der Waals surface area contributed by atoms with E-state index in [1.165, 1.54) is 0 Å². The Morgan fingerprint density at radius 2 is 1.82 bits per heavy atom. The van der Waals surface area contributed by atoms with E-state index in [0.717, 1.165) is 0 Å². The first-order chi connectivity index (χ1) is 5.11. The summed E-state index contributed by atoms with van der Waals surface area (Å²) in [5, 5.41) is 0.349. The molecule has 0 bridgehead atoms. The summed E-state index contributed by atoms with van der Waals surface area (Å²) in [7, 11) is -3.25. The zero-order valence-corrected chi connectivity index (χ0v) is 6.44. The first-order valence-corrected chi connectivity index (χ1v) is 4.14. The molecule has 1 saturated heterocycles. The van der Waals surface area contributed by atoms with Gasteiger partial charge in [-0.1, -0.05) is 0 Å². The van der Waals surface area contributed by atoms with Gasteiger partial charge in [0.25, 0.3) is 11.8 Å². The van der Waals surface area contributed by atoms with Gasteiger partial charge in [-0.25, -0.2) is 0 Å². The Bertz CT molecular complexity index is 211. The Kier molecular flexibility index (Phi) is 2.38. The summed E-state index contributed by atoms with van der Waals surface area (Å²) in [6.07, 6.45) is 0.0992. The van der Waals surface area contributed by atoms with E-state index in [0.29, 0.717) is 5.06 Å². The molecule has 1 atom stereocenters. The van der Waals surface area contributed by atoms with Crippen molar-refractivity contribution in [3.05, 3.63) is 0 Å². The van der Waals surface area contributed by atoms with Crippen molar-refractivity contribution in [3.63, 3.8) is 0 Å². The number of rotatable bonds is 2. The Morgan fingerprint density at radius 1 is 1.36 bits per heavy atom. The van der Waals surface area contributed by atoms with E-state index in [9.17, 15) is 14.2 Å². The van der Waals surface area contributed by atoms with Crippen LogP contribution >= 0.6 is 8.25 Å². The second kappa shape index (κ2) is 3.13. The molecule has 62 valence electrons. The van der Waals surface area contributed by atoms with Gasteiger partial charge in [0.05, 0.1) is 0 Å². The first-order valence-electron chi connectivity index (χ1n) is 2.88. The Hall–Kier alpha value is -0.710. The fraction of sp³-hybridized carbons (Fsp3) is 0.500. The summed E-state index contributed by atoms with van der Waals surface area (Å²) in [5.74, 6) is -1.13. The molecule has 2 amide bonds. The van der Waals surface area contributed by atoms with Crippen molar-refractivity contribution in [3.8, 4) is 0 Å². The van der Waals surface area contributed by atoms with Crippen LogP contribution < -0.4 is 0 Å². The Labute approximate surface area is 62.7 Å². The van der Waals surface area contributed by atoms with E-state index in [-0.39, 0.29) is 12.8 Å². The fourth-order valence-corrected chi connectivity index (χ4v) is 1.10. The molecule has 0 saturated carbocycles. The van der Waals surface area contributed by atoms with E-state index >= 15 is 0 Å². The first kappa shape index (κ1) is 8.39. The summed E-state index contributed by atoms with van der Waals surface area (Å²) in [4.78, 5) is 29.6. The third-order valence-electron chi connectivity index (χ3n) is 1.18. The molecule has 0 spiro atoms. The third-order valence-corrected chi connectivity index (χ3v) is 1.51. The van der Waals surface area contributed by atoms with Crippen molar-refractivity contribution >= 4 is 20.1 Å². The van der Waals surface area contributed by atoms with Crippen LogP contribution in [-0.4, -0.2) is 21.8 Å². The lowest BCUT2D eigenvalue weighted by atomic mass is 10.4. The maximum atomic E-state index is 10.7. The lowest BCUT2D eigenvalue weighted by molar-refractivity contribution is -0.164. The van der Waals surface area contributed by atoms with Crippen LogP contribution in [0.2, 0.25) is 0 Å². The van der Waals surface area contributed by atoms with Crippen molar-refractivity contribution in [2.75, 3.05) is 0 Å². The molecule has 0 aromatic carbocycles. The Balaban J connectivity index is 2.62. The molecule has 7 heteroatoms. The average molecular weight is 179 g/mol. The number of amides is 2. The number of imide groups is 1. The summed E-state index contributed by atoms with van der Waals surface area (Å²) in [6, 6.07) is 0. The van der Waals surface area contributed by atoms with Crippen LogP contribution in [-0.2, 0) is 18.8 Å². The van der Waals surface area contributed by atoms with Gasteiger partial charge in [-0.15, -0.1) is 5.06 Å². The molecule has 1 heterocycles. The number of hydroxylamine groups is 2. The highest BCUT2D eigenvalue weighted by Crippen LogP contribution is 2.22. The van der Waals surface area contributed by atoms with Crippen molar-refractivity contribution < 1.29 is 23.7 Å². The van der Waals surface area contributed by atoms with Crippen LogP contribution in [0.25, 0.3) is 0 Å². The van der Waals surface area contributed by atoms with Crippen molar-refractivity contribution in [1.29, 1.82) is 0 Å². The van der Waals surface area contributed by atoms with Gasteiger partial charge in [0.15, 0.2) is 0 Å². The van der Waals surface area contributed by atoms with Crippen LogP contribution in [0.3, 0.4) is 0 Å². The molecule has 1 unspecified atom stereocenters. The average Bonchev–Trinajstić information content (AvgIpc) is 2.18. The summed E-state index contributed by atoms with van der Waals surface area (Å²) in [6.45, 7) is 0. The molecule has 0 aliphatic carbocycles. The van der Waals surface area contributed by atoms with Gasteiger partial charge in [0.2, 0.25) is 0 Å². The standard InChI is InChI=1S/C4H6NO5P/c6-3-1-2-4(7)5(3)10-11(8)9/h11H,1-2H2,(H,8,9). The van der Waals surface area contributed by atoms with Crippen LogP contribution in [0.15, 0.2) is 0 Å². The number of carbonyl (C=O) groups excluding carboxylic acids is 2. The monoisotopic (exact) mass is 179 g/mol. The van der Waals surface area contributed by atoms with E-state index < -0.39 is 20.1 Å². The highest BCUT2D eigenvalue weighted by atomic mass is 31.1. The molecule has 11 heavy (non-hydrogen) atoms. The molecule has 0 radical (unpaired) electrons. The van der Waals surface area contributed by atoms with Crippen molar-refractivity contribution in [1.82, 2.24) is 5.06 Å². The van der Waals surface area contributed by atoms with Gasteiger partial charge in [-0.2, -0.15) is 4.62 Å². The van der Waals surface area contributed by atoms with Crippen molar-refractivity contribution in [2.24, 2.45) is 0 Å². The maximum absolute atomic E-state index is 10.7. The minimum Gasteiger partial charge on any atom is -0.325 e. The molecule has 1 aliphatic rings. The second-order valence-electron chi connectivity index (χ2n) is 1.94. The predicted molar refractivity (Wildman–Crippen MR) is 33.4 cm³/mol. The summed E-state index contributed by atoms with van der Waals surface area (Å²) in [5.41, 5.74) is 0. The van der Waals surface area contributed by atoms with Crippen LogP contribution in [0.5, 0.6) is 0 Å². The van der Waals surface area contributed by atoms with Gasteiger partial charge in [0.1, 0.15) is 0 Å². The third kappa shape index (κ3) is 1.86. The second-order valence-corrected chi connectivity index (χ2v) is 2.65. The molecule has 1 fully saturated rings. The van der Waals surface area contributed by atoms with Gasteiger partial charge >= 0.3 is 8.25 Å². The zero-order chi connectivity index (χ0) is 8.43. The number of hydrogen-bond donors (Lipinski definition) is 1. The van der Waals surface area contributed by atoms with Crippen molar-refractivity contribution in [2.45, 2.75) is 12.8 Å². The van der Waals surface area contributed by atoms with Crippen LogP contribution in [0, 0.1) is 0 Å². The number of carbonyl (C=O) groups is 2. The quantitative estimate of drug-likeness (QED) is 0.454. The molecule has 1 rings (SSSR count). The normalized spacial score (nSPS) is 21.0. The molecule has 1 N–H and O–H groups in total. The van der Waals surface area contributed by atoms with Crippen LogP contribution in [0.1, 0.15) is 12.8 Å². The zero-order valence-electron chi connectivity index (χ0n) is 5.44. The summed E-state index contributed by atoms with van der Waals surface area (Å²) < 4.78 is 14.1. The van der Waals surface area contributed by atoms with E-state index in [1.807, 2.05) is 0 Å². The minimum absolute atomic E-state index is 0.0496. The van der Waals surface area contributed by atoms with Gasteiger partial charge in [-0.3, -0.25) is 14.2 Å². The highest BCUT2D eigenvalue weighted by Gasteiger charge is 2.31. The minimum atomic E-state index is -3.25. The number of hydrogen-bond acceptors (Lipinski definition) is 4. The molecular formula is C4H6NO5P. The highest BCUT2D eigenvalue weighted by molar-refractivity contribution is 7.32. The smallest absolute Gasteiger partial charge is 0.325 e. The van der Waals surface area contributed by atoms with Crippen LogP contribution in [0.4, 0.5) is 0 Å². The fourth-order valence-electron chi connectivity index (χ4n) is 0.736. The molecule has 0 aromatic rings. The largest absolute Gasteiger partial charge is 0.338 e. The summed E-state index contributed by atoms with van der Waals surface area (Å²) >= 11 is 0. The van der Waals surface area contributed by atoms with E-state index in [4.69, 9.17) is 4.89 Å². The van der Waals surface area contributed by atoms with Gasteiger partial charge in [0, 0.05) is 12.8 Å². The molecule has 1 aliphatic heterocycles. The molecular weight excluding hydrogens is 173 g/mol. The lowest BCUT2D eigenvalue weighted by Crippen LogP contribution is -2.26. The maximum Gasteiger partial charge on any atom is 0.338 e. The predicted octanol–water partition coefficient (Wildman–Crippen LogP) is -0.551. The van der Waals surface area contributed by atoms with Gasteiger partial charge in [-0.05, 0) is 0 Å². The van der Waals surface area contributed by atoms with Gasteiger partial charge < -0.3 is 4.89 Å². The molecule has 6 nitrogen and oxygen atoms in total. The lowest BCUT2D eigenvalue weighted by Gasteiger charge is -2.08. The number of nitrogens with zero attached hydrogens (tertiary/aromatic N) is 1.